The maximum Gasteiger partial charge on any atom is 0.161 e. The molecule has 2 saturated heterocycles. The van der Waals surface area contributed by atoms with Gasteiger partial charge in [0.25, 0.3) is 0 Å². The van der Waals surface area contributed by atoms with E-state index >= 15 is 0 Å². The predicted molar refractivity (Wildman–Crippen MR) is 175 cm³/mol. The number of rotatable bonds is 13. The van der Waals surface area contributed by atoms with Gasteiger partial charge in [0.15, 0.2) is 5.82 Å². The van der Waals surface area contributed by atoms with Gasteiger partial charge in [-0.3, -0.25) is 0 Å². The maximum absolute atomic E-state index is 6.52. The van der Waals surface area contributed by atoms with Crippen LogP contribution in [0.2, 0.25) is 0 Å². The average Bonchev–Trinajstić information content (AvgIpc) is 2.98. The van der Waals surface area contributed by atoms with Gasteiger partial charge in [-0.25, -0.2) is 9.97 Å². The van der Waals surface area contributed by atoms with Crippen molar-refractivity contribution in [2.24, 2.45) is 5.73 Å². The van der Waals surface area contributed by atoms with Gasteiger partial charge >= 0.3 is 0 Å². The molecule has 1 aromatic carbocycles. The molecule has 0 amide bonds. The zero-order chi connectivity index (χ0) is 29.2. The minimum Gasteiger partial charge on any atom is -0.397 e. The van der Waals surface area contributed by atoms with Crippen LogP contribution < -0.4 is 16.4 Å². The zero-order valence-electron chi connectivity index (χ0n) is 26.4. The van der Waals surface area contributed by atoms with Crippen LogP contribution in [0.15, 0.2) is 30.3 Å². The lowest BCUT2D eigenvalue weighted by molar-refractivity contribution is 0.0966. The van der Waals surface area contributed by atoms with Gasteiger partial charge in [-0.05, 0) is 108 Å². The number of aromatic nitrogens is 2. The van der Waals surface area contributed by atoms with E-state index in [-0.39, 0.29) is 0 Å². The van der Waals surface area contributed by atoms with E-state index in [0.717, 1.165) is 73.3 Å². The largest absolute Gasteiger partial charge is 0.397 e. The quantitative estimate of drug-likeness (QED) is 0.240. The van der Waals surface area contributed by atoms with Gasteiger partial charge in [-0.2, -0.15) is 0 Å². The summed E-state index contributed by atoms with van der Waals surface area (Å²) in [5.41, 5.74) is 11.4. The Hall–Kier alpha value is -2.64. The minimum atomic E-state index is 0.400. The molecule has 0 atom stereocenters. The van der Waals surface area contributed by atoms with Crippen molar-refractivity contribution in [3.8, 4) is 0 Å². The highest BCUT2D eigenvalue weighted by Crippen LogP contribution is 2.32. The summed E-state index contributed by atoms with van der Waals surface area (Å²) in [5, 5.41) is 7.30. The van der Waals surface area contributed by atoms with Gasteiger partial charge < -0.3 is 26.2 Å². The Morgan fingerprint density at radius 2 is 1.59 bits per heavy atom. The Morgan fingerprint density at radius 1 is 0.927 bits per heavy atom. The Bertz CT molecular complexity index is 1090. The van der Waals surface area contributed by atoms with Crippen LogP contribution in [0.25, 0.3) is 5.70 Å². The molecule has 0 radical (unpaired) electrons. The van der Waals surface area contributed by atoms with Gasteiger partial charge in [0, 0.05) is 17.8 Å². The lowest BCUT2D eigenvalue weighted by atomic mass is 9.88. The highest BCUT2D eigenvalue weighted by molar-refractivity contribution is 5.74. The molecule has 2 aromatic rings. The van der Waals surface area contributed by atoms with Crippen LogP contribution in [0.4, 0.5) is 17.3 Å². The summed E-state index contributed by atoms with van der Waals surface area (Å²) in [6, 6.07) is 10.2. The smallest absolute Gasteiger partial charge is 0.161 e. The maximum atomic E-state index is 6.52. The van der Waals surface area contributed by atoms with E-state index < -0.39 is 0 Å². The van der Waals surface area contributed by atoms with Crippen LogP contribution >= 0.6 is 0 Å². The summed E-state index contributed by atoms with van der Waals surface area (Å²) in [6.45, 7) is 13.6. The fraction of sp³-hybridized carbons (Fsp3) is 0.647. The summed E-state index contributed by atoms with van der Waals surface area (Å²) in [5.74, 6) is 2.24. The van der Waals surface area contributed by atoms with Crippen LogP contribution in [0, 0.1) is 0 Å². The second kappa shape index (κ2) is 15.5. The van der Waals surface area contributed by atoms with E-state index in [1.807, 2.05) is 6.08 Å². The van der Waals surface area contributed by atoms with Gasteiger partial charge in [-0.1, -0.05) is 58.7 Å². The Kier molecular flexibility index (Phi) is 11.9. The van der Waals surface area contributed by atoms with Crippen molar-refractivity contribution in [3.05, 3.63) is 47.3 Å². The standard InChI is InChI=1S/C34H55N7/c1-6-10-27(11-7-2)36-33-31(9-4)38-32(30(35)12-8-3)34(39-33)37-28-15-13-25(14-16-28)26-17-23-41(24-18-26)29-19-21-40(5)22-20-29/h12-16,26-27,29H,6-11,17-24,35H2,1-5H3,(H2,36,37,39)/b30-12+. The average molecular weight is 562 g/mol. The number of piperidine rings is 2. The Balaban J connectivity index is 1.48. The van der Waals surface area contributed by atoms with E-state index in [2.05, 4.69) is 79.4 Å². The molecule has 1 aromatic heterocycles. The van der Waals surface area contributed by atoms with Gasteiger partial charge in [0.1, 0.15) is 11.5 Å². The first-order valence-corrected chi connectivity index (χ1v) is 16.4. The molecule has 2 aliphatic heterocycles. The number of nitrogens with zero attached hydrogens (tertiary/aromatic N) is 4. The Labute approximate surface area is 249 Å². The first-order valence-electron chi connectivity index (χ1n) is 16.4. The molecule has 2 aliphatic rings. The third-order valence-corrected chi connectivity index (χ3v) is 8.99. The van der Waals surface area contributed by atoms with Crippen molar-refractivity contribution in [3.63, 3.8) is 0 Å². The predicted octanol–water partition coefficient (Wildman–Crippen LogP) is 7.15. The number of allylic oxidation sites excluding steroid dienone is 1. The first kappa shape index (κ1) is 31.3. The van der Waals surface area contributed by atoms with Crippen LogP contribution in [0.3, 0.4) is 0 Å². The first-order chi connectivity index (χ1) is 19.9. The SMILES string of the molecule is CC/C=C(/N)c1nc(CC)c(NC(CCC)CCC)nc1Nc1ccc(C2CCN(C3CCN(C)CC3)CC2)cc1. The van der Waals surface area contributed by atoms with Crippen LogP contribution in [-0.4, -0.2) is 65.1 Å². The number of benzene rings is 1. The number of hydrogen-bond acceptors (Lipinski definition) is 7. The summed E-state index contributed by atoms with van der Waals surface area (Å²) >= 11 is 0. The second-order valence-electron chi connectivity index (χ2n) is 12.1. The summed E-state index contributed by atoms with van der Waals surface area (Å²) in [7, 11) is 2.25. The number of nitrogens with two attached hydrogens (primary N) is 1. The molecule has 0 bridgehead atoms. The van der Waals surface area contributed by atoms with E-state index in [4.69, 9.17) is 15.7 Å². The molecule has 7 heteroatoms. The van der Waals surface area contributed by atoms with E-state index in [1.165, 1.54) is 57.4 Å². The molecule has 0 aliphatic carbocycles. The number of hydrogen-bond donors (Lipinski definition) is 3. The van der Waals surface area contributed by atoms with Crippen molar-refractivity contribution in [1.29, 1.82) is 0 Å². The molecule has 0 unspecified atom stereocenters. The molecule has 226 valence electrons. The summed E-state index contributed by atoms with van der Waals surface area (Å²) < 4.78 is 0. The van der Waals surface area contributed by atoms with Crippen LogP contribution in [0.1, 0.15) is 108 Å². The fourth-order valence-electron chi connectivity index (χ4n) is 6.55. The molecule has 4 rings (SSSR count). The molecule has 0 spiro atoms. The molecule has 41 heavy (non-hydrogen) atoms. The Morgan fingerprint density at radius 3 is 2.17 bits per heavy atom. The van der Waals surface area contributed by atoms with E-state index in [9.17, 15) is 0 Å². The zero-order valence-corrected chi connectivity index (χ0v) is 26.4. The summed E-state index contributed by atoms with van der Waals surface area (Å²) in [4.78, 5) is 15.4. The molecule has 3 heterocycles. The fourth-order valence-corrected chi connectivity index (χ4v) is 6.55. The normalized spacial score (nSPS) is 18.2. The minimum absolute atomic E-state index is 0.400. The van der Waals surface area contributed by atoms with E-state index in [1.54, 1.807) is 0 Å². The molecular weight excluding hydrogens is 506 g/mol. The number of aryl methyl sites for hydroxylation is 1. The van der Waals surface area contributed by atoms with Crippen LogP contribution in [-0.2, 0) is 6.42 Å². The molecular formula is C34H55N7. The van der Waals surface area contributed by atoms with Gasteiger partial charge in [0.2, 0.25) is 0 Å². The monoisotopic (exact) mass is 561 g/mol. The highest BCUT2D eigenvalue weighted by atomic mass is 15.2. The topological polar surface area (TPSA) is 82.3 Å². The number of likely N-dealkylation sites (tertiary alicyclic amines) is 2. The van der Waals surface area contributed by atoms with Crippen molar-refractivity contribution < 1.29 is 0 Å². The molecule has 4 N–H and O–H groups in total. The van der Waals surface area contributed by atoms with E-state index in [0.29, 0.717) is 17.7 Å². The number of nitrogens with one attached hydrogen (secondary N) is 2. The van der Waals surface area contributed by atoms with Gasteiger partial charge in [-0.15, -0.1) is 0 Å². The number of anilines is 3. The lowest BCUT2D eigenvalue weighted by Crippen LogP contribution is -2.46. The van der Waals surface area contributed by atoms with Crippen molar-refractivity contribution >= 4 is 23.0 Å². The van der Waals surface area contributed by atoms with Gasteiger partial charge in [0.05, 0.1) is 11.4 Å². The molecule has 0 saturated carbocycles. The third-order valence-electron chi connectivity index (χ3n) is 8.99. The second-order valence-corrected chi connectivity index (χ2v) is 12.1. The van der Waals surface area contributed by atoms with Crippen molar-refractivity contribution in [2.75, 3.05) is 43.9 Å². The molecule has 2 fully saturated rings. The van der Waals surface area contributed by atoms with Crippen molar-refractivity contribution in [1.82, 2.24) is 19.8 Å². The van der Waals surface area contributed by atoms with Crippen molar-refractivity contribution in [2.45, 2.75) is 110 Å². The highest BCUT2D eigenvalue weighted by Gasteiger charge is 2.28. The third kappa shape index (κ3) is 8.45. The van der Waals surface area contributed by atoms with Crippen LogP contribution in [0.5, 0.6) is 0 Å². The molecule has 7 nitrogen and oxygen atoms in total. The lowest BCUT2D eigenvalue weighted by Gasteiger charge is -2.41. The summed E-state index contributed by atoms with van der Waals surface area (Å²) in [6.07, 6.45) is 13.4.